The summed E-state index contributed by atoms with van der Waals surface area (Å²) in [6.45, 7) is 2.79. The third kappa shape index (κ3) is 4.14. The molecule has 1 aromatic rings. The summed E-state index contributed by atoms with van der Waals surface area (Å²) in [7, 11) is 1.55. The van der Waals surface area contributed by atoms with Crippen LogP contribution in [-0.4, -0.2) is 43.7 Å². The highest BCUT2D eigenvalue weighted by Gasteiger charge is 2.12. The number of rotatable bonds is 6. The Hall–Kier alpha value is -1.95. The third-order valence-electron chi connectivity index (χ3n) is 2.06. The van der Waals surface area contributed by atoms with E-state index in [-0.39, 0.29) is 23.9 Å². The number of ether oxygens (including phenoxy) is 2. The molecule has 1 aromatic heterocycles. The zero-order valence-corrected chi connectivity index (χ0v) is 10.4. The zero-order chi connectivity index (χ0) is 13.4. The van der Waals surface area contributed by atoms with E-state index >= 15 is 0 Å². The smallest absolute Gasteiger partial charge is 0.356 e. The molecule has 0 aliphatic carbocycles. The lowest BCUT2D eigenvalue weighted by atomic mass is 10.3. The molecule has 6 heteroatoms. The Morgan fingerprint density at radius 2 is 2.06 bits per heavy atom. The Bertz CT molecular complexity index is 420. The molecule has 0 saturated carbocycles. The van der Waals surface area contributed by atoms with Crippen LogP contribution in [0.25, 0.3) is 0 Å². The van der Waals surface area contributed by atoms with Crippen molar-refractivity contribution in [3.63, 3.8) is 0 Å². The van der Waals surface area contributed by atoms with Gasteiger partial charge in [-0.15, -0.1) is 0 Å². The molecule has 1 rings (SSSR count). The number of carbonyl (C=O) groups excluding carboxylic acids is 2. The monoisotopic (exact) mass is 252 g/mol. The minimum Gasteiger partial charge on any atom is -0.461 e. The van der Waals surface area contributed by atoms with Gasteiger partial charge in [0.15, 0.2) is 0 Å². The Labute approximate surface area is 105 Å². The van der Waals surface area contributed by atoms with Crippen LogP contribution in [0.3, 0.4) is 0 Å². The molecule has 98 valence electrons. The first-order chi connectivity index (χ1) is 8.69. The minimum atomic E-state index is -0.538. The summed E-state index contributed by atoms with van der Waals surface area (Å²) in [5.41, 5.74) is 0.299. The van der Waals surface area contributed by atoms with Crippen LogP contribution in [0.4, 0.5) is 0 Å². The van der Waals surface area contributed by atoms with Gasteiger partial charge < -0.3 is 14.8 Å². The predicted molar refractivity (Wildman–Crippen MR) is 64.4 cm³/mol. The van der Waals surface area contributed by atoms with Crippen molar-refractivity contribution in [3.8, 4) is 0 Å². The van der Waals surface area contributed by atoms with E-state index in [9.17, 15) is 9.59 Å². The second-order valence-electron chi connectivity index (χ2n) is 3.38. The van der Waals surface area contributed by atoms with Crippen molar-refractivity contribution in [2.24, 2.45) is 0 Å². The number of amides is 1. The molecule has 0 aromatic carbocycles. The zero-order valence-electron chi connectivity index (χ0n) is 10.4. The Morgan fingerprint density at radius 3 is 2.72 bits per heavy atom. The van der Waals surface area contributed by atoms with E-state index in [1.54, 1.807) is 20.1 Å². The first-order valence-electron chi connectivity index (χ1n) is 5.60. The van der Waals surface area contributed by atoms with Crippen LogP contribution >= 0.6 is 0 Å². The molecule has 1 heterocycles. The molecule has 0 saturated heterocycles. The second kappa shape index (κ2) is 7.39. The molecule has 0 atom stereocenters. The summed E-state index contributed by atoms with van der Waals surface area (Å²) in [6.07, 6.45) is 0. The van der Waals surface area contributed by atoms with Crippen molar-refractivity contribution in [2.75, 3.05) is 26.9 Å². The molecular formula is C12H16N2O4. The number of hydrogen-bond acceptors (Lipinski definition) is 5. The van der Waals surface area contributed by atoms with E-state index in [0.717, 1.165) is 0 Å². The van der Waals surface area contributed by atoms with Gasteiger partial charge >= 0.3 is 5.97 Å². The number of methoxy groups -OCH3 is 1. The largest absolute Gasteiger partial charge is 0.461 e. The summed E-state index contributed by atoms with van der Waals surface area (Å²) < 4.78 is 9.62. The molecule has 6 nitrogen and oxygen atoms in total. The predicted octanol–water partition coefficient (Wildman–Crippen LogP) is 0.634. The van der Waals surface area contributed by atoms with Gasteiger partial charge in [-0.1, -0.05) is 6.07 Å². The third-order valence-corrected chi connectivity index (χ3v) is 2.06. The normalized spacial score (nSPS) is 9.89. The summed E-state index contributed by atoms with van der Waals surface area (Å²) in [5, 5.41) is 2.62. The highest BCUT2D eigenvalue weighted by molar-refractivity contribution is 5.94. The van der Waals surface area contributed by atoms with Crippen LogP contribution in [-0.2, 0) is 9.47 Å². The summed E-state index contributed by atoms with van der Waals surface area (Å²) in [6, 6.07) is 4.62. The van der Waals surface area contributed by atoms with Crippen molar-refractivity contribution in [3.05, 3.63) is 29.6 Å². The molecule has 0 aliphatic heterocycles. The molecule has 0 bridgehead atoms. The van der Waals surface area contributed by atoms with Gasteiger partial charge in [0.25, 0.3) is 5.91 Å². The summed E-state index contributed by atoms with van der Waals surface area (Å²) in [4.78, 5) is 27.1. The van der Waals surface area contributed by atoms with Gasteiger partial charge in [0.05, 0.1) is 13.2 Å². The van der Waals surface area contributed by atoms with Gasteiger partial charge in [-0.3, -0.25) is 4.79 Å². The Balaban J connectivity index is 2.69. The van der Waals surface area contributed by atoms with Crippen molar-refractivity contribution in [2.45, 2.75) is 6.92 Å². The van der Waals surface area contributed by atoms with Gasteiger partial charge in [-0.05, 0) is 19.1 Å². The number of carbonyl (C=O) groups is 2. The number of esters is 1. The molecule has 0 spiro atoms. The number of nitrogens with zero attached hydrogens (tertiary/aromatic N) is 1. The SMILES string of the molecule is CCOC(=O)c1cccc(C(=O)NCCOC)n1. The maximum Gasteiger partial charge on any atom is 0.356 e. The van der Waals surface area contributed by atoms with Crippen LogP contribution in [0.2, 0.25) is 0 Å². The maximum absolute atomic E-state index is 11.7. The molecule has 1 N–H and O–H groups in total. The van der Waals surface area contributed by atoms with Gasteiger partial charge in [0, 0.05) is 13.7 Å². The fourth-order valence-electron chi connectivity index (χ4n) is 1.24. The topological polar surface area (TPSA) is 77.5 Å². The average molecular weight is 252 g/mol. The van der Waals surface area contributed by atoms with Gasteiger partial charge in [-0.2, -0.15) is 0 Å². The number of hydrogen-bond donors (Lipinski definition) is 1. The molecular weight excluding hydrogens is 236 g/mol. The lowest BCUT2D eigenvalue weighted by molar-refractivity contribution is 0.0519. The molecule has 0 unspecified atom stereocenters. The molecule has 0 fully saturated rings. The van der Waals surface area contributed by atoms with Crippen molar-refractivity contribution >= 4 is 11.9 Å². The van der Waals surface area contributed by atoms with Crippen LogP contribution in [0.5, 0.6) is 0 Å². The van der Waals surface area contributed by atoms with Crippen LogP contribution in [0.1, 0.15) is 27.9 Å². The average Bonchev–Trinajstić information content (AvgIpc) is 2.39. The molecule has 0 aliphatic rings. The standard InChI is InChI=1S/C12H16N2O4/c1-3-18-12(16)10-6-4-5-9(14-10)11(15)13-7-8-17-2/h4-6H,3,7-8H2,1-2H3,(H,13,15). The molecule has 0 radical (unpaired) electrons. The minimum absolute atomic E-state index is 0.122. The maximum atomic E-state index is 11.7. The molecule has 1 amide bonds. The van der Waals surface area contributed by atoms with Crippen molar-refractivity contribution in [1.82, 2.24) is 10.3 Å². The summed E-state index contributed by atoms with van der Waals surface area (Å²) >= 11 is 0. The molecule has 18 heavy (non-hydrogen) atoms. The lowest BCUT2D eigenvalue weighted by Crippen LogP contribution is -2.28. The highest BCUT2D eigenvalue weighted by atomic mass is 16.5. The van der Waals surface area contributed by atoms with E-state index in [4.69, 9.17) is 9.47 Å². The number of aromatic nitrogens is 1. The Kier molecular flexibility index (Phi) is 5.79. The van der Waals surface area contributed by atoms with Gasteiger partial charge in [0.2, 0.25) is 0 Å². The second-order valence-corrected chi connectivity index (χ2v) is 3.38. The first kappa shape index (κ1) is 14.1. The van der Waals surface area contributed by atoms with E-state index in [1.165, 1.54) is 12.1 Å². The first-order valence-corrected chi connectivity index (χ1v) is 5.60. The van der Waals surface area contributed by atoms with Gasteiger partial charge in [-0.25, -0.2) is 9.78 Å². The van der Waals surface area contributed by atoms with E-state index in [1.807, 2.05) is 0 Å². The quantitative estimate of drug-likeness (QED) is 0.593. The van der Waals surface area contributed by atoms with E-state index in [0.29, 0.717) is 13.2 Å². The van der Waals surface area contributed by atoms with Gasteiger partial charge in [0.1, 0.15) is 11.4 Å². The highest BCUT2D eigenvalue weighted by Crippen LogP contribution is 2.01. The lowest BCUT2D eigenvalue weighted by Gasteiger charge is -2.05. The van der Waals surface area contributed by atoms with Crippen molar-refractivity contribution in [1.29, 1.82) is 0 Å². The fraction of sp³-hybridized carbons (Fsp3) is 0.417. The van der Waals surface area contributed by atoms with E-state index in [2.05, 4.69) is 10.3 Å². The van der Waals surface area contributed by atoms with E-state index < -0.39 is 5.97 Å². The number of pyridine rings is 1. The summed E-state index contributed by atoms with van der Waals surface area (Å²) in [5.74, 6) is -0.887. The number of nitrogens with one attached hydrogen (secondary N) is 1. The Morgan fingerprint density at radius 1 is 1.33 bits per heavy atom. The van der Waals surface area contributed by atoms with Crippen molar-refractivity contribution < 1.29 is 19.1 Å². The fourth-order valence-corrected chi connectivity index (χ4v) is 1.24. The van der Waals surface area contributed by atoms with Crippen LogP contribution in [0.15, 0.2) is 18.2 Å². The van der Waals surface area contributed by atoms with Crippen LogP contribution in [0, 0.1) is 0 Å². The van der Waals surface area contributed by atoms with Crippen LogP contribution < -0.4 is 5.32 Å².